The third-order valence-corrected chi connectivity index (χ3v) is 8.71. The number of aliphatic hydroxyl groups excluding tert-OH is 1. The topological polar surface area (TPSA) is 46.2 Å². The van der Waals surface area contributed by atoms with Crippen LogP contribution in [-0.2, 0) is 5.41 Å². The number of hydrogen-bond acceptors (Lipinski definition) is 2. The molecule has 31 heavy (non-hydrogen) atoms. The van der Waals surface area contributed by atoms with Crippen LogP contribution in [0.5, 0.6) is 0 Å². The van der Waals surface area contributed by atoms with Crippen molar-refractivity contribution in [1.82, 2.24) is 0 Å². The Balaban J connectivity index is 0.000000316. The van der Waals surface area contributed by atoms with Crippen molar-refractivity contribution in [2.45, 2.75) is 103 Å². The van der Waals surface area contributed by atoms with Crippen molar-refractivity contribution in [2.24, 2.45) is 23.0 Å². The molecular formula is C27H45Cl2NO. The molecule has 0 aliphatic heterocycles. The smallest absolute Gasteiger partial charge is 0.0595 e. The van der Waals surface area contributed by atoms with Crippen LogP contribution in [0.25, 0.3) is 0 Å². The summed E-state index contributed by atoms with van der Waals surface area (Å²) in [6.45, 7) is 7.70. The van der Waals surface area contributed by atoms with Gasteiger partial charge in [-0.15, -0.1) is 0 Å². The molecule has 0 amide bonds. The fourth-order valence-corrected chi connectivity index (χ4v) is 5.65. The summed E-state index contributed by atoms with van der Waals surface area (Å²) in [5.41, 5.74) is 7.68. The van der Waals surface area contributed by atoms with Gasteiger partial charge in [-0.3, -0.25) is 0 Å². The van der Waals surface area contributed by atoms with Crippen LogP contribution in [0, 0.1) is 17.3 Å². The van der Waals surface area contributed by atoms with E-state index in [9.17, 15) is 5.11 Å². The number of unbranched alkanes of at least 4 members (excludes halogenated alkanes) is 2. The molecule has 0 saturated heterocycles. The Morgan fingerprint density at radius 1 is 1.06 bits per heavy atom. The highest BCUT2D eigenvalue weighted by Crippen LogP contribution is 2.51. The molecule has 3 rings (SSSR count). The van der Waals surface area contributed by atoms with E-state index in [0.29, 0.717) is 22.0 Å². The molecule has 2 aliphatic carbocycles. The average Bonchev–Trinajstić information content (AvgIpc) is 2.71. The first kappa shape index (κ1) is 27.0. The maximum absolute atomic E-state index is 9.46. The molecule has 1 aromatic carbocycles. The summed E-state index contributed by atoms with van der Waals surface area (Å²) in [6, 6.07) is 5.97. The van der Waals surface area contributed by atoms with E-state index < -0.39 is 0 Å². The summed E-state index contributed by atoms with van der Waals surface area (Å²) in [5, 5.41) is 10.6. The minimum absolute atomic E-state index is 0.00122. The van der Waals surface area contributed by atoms with Crippen LogP contribution in [-0.4, -0.2) is 18.3 Å². The quantitative estimate of drug-likeness (QED) is 0.358. The molecule has 1 aromatic rings. The molecule has 1 unspecified atom stereocenters. The van der Waals surface area contributed by atoms with Crippen LogP contribution >= 0.6 is 23.2 Å². The van der Waals surface area contributed by atoms with Crippen LogP contribution in [0.2, 0.25) is 10.0 Å². The summed E-state index contributed by atoms with van der Waals surface area (Å²) in [4.78, 5) is 0. The van der Waals surface area contributed by atoms with Crippen molar-refractivity contribution in [3.63, 3.8) is 0 Å². The Labute approximate surface area is 201 Å². The van der Waals surface area contributed by atoms with E-state index >= 15 is 0 Å². The Bertz CT molecular complexity index is 647. The first-order valence-corrected chi connectivity index (χ1v) is 13.3. The van der Waals surface area contributed by atoms with Gasteiger partial charge in [-0.1, -0.05) is 95.0 Å². The van der Waals surface area contributed by atoms with Gasteiger partial charge >= 0.3 is 0 Å². The molecular weight excluding hydrogens is 425 g/mol. The van der Waals surface area contributed by atoms with Gasteiger partial charge in [-0.2, -0.15) is 0 Å². The second kappa shape index (κ2) is 12.8. The zero-order valence-electron chi connectivity index (χ0n) is 20.1. The number of nitrogens with two attached hydrogens (primary N) is 1. The summed E-state index contributed by atoms with van der Waals surface area (Å²) < 4.78 is 0. The van der Waals surface area contributed by atoms with Crippen LogP contribution in [0.3, 0.4) is 0 Å². The standard InChI is InChI=1S/C18H27Cl2NO.C9H18/c1-17(2)6-8-18(9-7-17,14(12-21)5-10-22)13-3-4-15(19)16(20)11-13;1-2-3-4-6-9-7-5-8-9/h3-4,11,14,22H,5-10,12,21H2,1-2H3;9H,2-8H2,1H3. The van der Waals surface area contributed by atoms with E-state index in [1.54, 1.807) is 0 Å². The monoisotopic (exact) mass is 469 g/mol. The minimum atomic E-state index is 0.00122. The van der Waals surface area contributed by atoms with E-state index in [4.69, 9.17) is 28.9 Å². The van der Waals surface area contributed by atoms with Crippen LogP contribution < -0.4 is 5.73 Å². The second-order valence-corrected chi connectivity index (χ2v) is 11.5. The Hall–Kier alpha value is -0.280. The zero-order chi connectivity index (χ0) is 22.9. The molecule has 4 heteroatoms. The molecule has 3 N–H and O–H groups in total. The maximum Gasteiger partial charge on any atom is 0.0595 e. The molecule has 0 aromatic heterocycles. The summed E-state index contributed by atoms with van der Waals surface area (Å²) in [7, 11) is 0. The summed E-state index contributed by atoms with van der Waals surface area (Å²) in [6.07, 6.45) is 15.6. The fourth-order valence-electron chi connectivity index (χ4n) is 5.35. The van der Waals surface area contributed by atoms with Crippen LogP contribution in [0.4, 0.5) is 0 Å². The lowest BCUT2D eigenvalue weighted by atomic mass is 9.57. The van der Waals surface area contributed by atoms with Gasteiger partial charge in [0.2, 0.25) is 0 Å². The molecule has 2 nitrogen and oxygen atoms in total. The van der Waals surface area contributed by atoms with Gasteiger partial charge in [0, 0.05) is 6.61 Å². The van der Waals surface area contributed by atoms with E-state index in [1.165, 1.54) is 50.5 Å². The summed E-state index contributed by atoms with van der Waals surface area (Å²) in [5.74, 6) is 1.40. The zero-order valence-corrected chi connectivity index (χ0v) is 21.6. The number of rotatable bonds is 9. The minimum Gasteiger partial charge on any atom is -0.396 e. The predicted octanol–water partition coefficient (Wildman–Crippen LogP) is 8.16. The number of aliphatic hydroxyl groups is 1. The third kappa shape index (κ3) is 7.63. The lowest BCUT2D eigenvalue weighted by Crippen LogP contribution is -2.44. The molecule has 0 heterocycles. The molecule has 0 spiro atoms. The van der Waals surface area contributed by atoms with Crippen molar-refractivity contribution in [2.75, 3.05) is 13.2 Å². The Kier molecular flexibility index (Phi) is 11.2. The largest absolute Gasteiger partial charge is 0.396 e. The van der Waals surface area contributed by atoms with Crippen LogP contribution in [0.1, 0.15) is 103 Å². The van der Waals surface area contributed by atoms with E-state index in [0.717, 1.165) is 38.0 Å². The molecule has 2 aliphatic rings. The normalized spacial score (nSPS) is 21.0. The highest BCUT2D eigenvalue weighted by atomic mass is 35.5. The highest BCUT2D eigenvalue weighted by molar-refractivity contribution is 6.42. The lowest BCUT2D eigenvalue weighted by molar-refractivity contribution is 0.0980. The van der Waals surface area contributed by atoms with Gasteiger partial charge in [-0.05, 0) is 79.0 Å². The number of benzene rings is 1. The highest BCUT2D eigenvalue weighted by Gasteiger charge is 2.44. The van der Waals surface area contributed by atoms with Gasteiger partial charge in [-0.25, -0.2) is 0 Å². The van der Waals surface area contributed by atoms with Gasteiger partial charge in [0.05, 0.1) is 10.0 Å². The van der Waals surface area contributed by atoms with Crippen molar-refractivity contribution in [3.05, 3.63) is 33.8 Å². The Morgan fingerprint density at radius 3 is 2.23 bits per heavy atom. The molecule has 2 saturated carbocycles. The van der Waals surface area contributed by atoms with Crippen molar-refractivity contribution in [3.8, 4) is 0 Å². The van der Waals surface area contributed by atoms with Crippen molar-refractivity contribution in [1.29, 1.82) is 0 Å². The second-order valence-electron chi connectivity index (χ2n) is 10.7. The van der Waals surface area contributed by atoms with E-state index in [1.807, 2.05) is 12.1 Å². The van der Waals surface area contributed by atoms with Gasteiger partial charge < -0.3 is 10.8 Å². The summed E-state index contributed by atoms with van der Waals surface area (Å²) >= 11 is 12.4. The number of halogens is 2. The Morgan fingerprint density at radius 2 is 1.74 bits per heavy atom. The van der Waals surface area contributed by atoms with Crippen molar-refractivity contribution < 1.29 is 5.11 Å². The first-order chi connectivity index (χ1) is 14.8. The van der Waals surface area contributed by atoms with Gasteiger partial charge in [0.25, 0.3) is 0 Å². The van der Waals surface area contributed by atoms with E-state index in [-0.39, 0.29) is 17.9 Å². The fraction of sp³-hybridized carbons (Fsp3) is 0.778. The third-order valence-electron chi connectivity index (χ3n) is 7.97. The van der Waals surface area contributed by atoms with Gasteiger partial charge in [0.15, 0.2) is 0 Å². The molecule has 0 radical (unpaired) electrons. The predicted molar refractivity (Wildman–Crippen MR) is 136 cm³/mol. The molecule has 1 atom stereocenters. The van der Waals surface area contributed by atoms with Gasteiger partial charge in [0.1, 0.15) is 0 Å². The molecule has 178 valence electrons. The molecule has 0 bridgehead atoms. The van der Waals surface area contributed by atoms with E-state index in [2.05, 4.69) is 26.8 Å². The number of hydrogen-bond donors (Lipinski definition) is 2. The van der Waals surface area contributed by atoms with Crippen LogP contribution in [0.15, 0.2) is 18.2 Å². The first-order valence-electron chi connectivity index (χ1n) is 12.5. The SMILES string of the molecule is CC1(C)CCC(c2ccc(Cl)c(Cl)c2)(C(CN)CCO)CC1.CCCCCC1CCC1. The molecule has 2 fully saturated rings. The van der Waals surface area contributed by atoms with Crippen molar-refractivity contribution >= 4 is 23.2 Å². The maximum atomic E-state index is 9.46. The lowest BCUT2D eigenvalue weighted by Gasteiger charge is -2.48. The average molecular weight is 471 g/mol.